The summed E-state index contributed by atoms with van der Waals surface area (Å²) in [5.74, 6) is 4.66. The van der Waals surface area contributed by atoms with Crippen LogP contribution in [0.5, 0.6) is 0 Å². The molecule has 0 fully saturated rings. The summed E-state index contributed by atoms with van der Waals surface area (Å²) in [5, 5.41) is 4.31. The minimum atomic E-state index is 0.116. The fourth-order valence-electron chi connectivity index (χ4n) is 0. The largest absolute Gasteiger partial charge is 0.375 e. The number of thiocarbonyl (C=S) groups is 1. The first-order valence-electron chi connectivity index (χ1n) is 1.29. The lowest BCUT2D eigenvalue weighted by molar-refractivity contribution is 1.03. The van der Waals surface area contributed by atoms with Crippen molar-refractivity contribution in [2.75, 3.05) is 0 Å². The molecular formula is CH8N4S2. The highest BCUT2D eigenvalue weighted by molar-refractivity contribution is 7.80. The quantitative estimate of drug-likeness (QED) is 0.122. The van der Waals surface area contributed by atoms with Crippen molar-refractivity contribution >= 4 is 30.1 Å². The third-order valence-corrected chi connectivity index (χ3v) is 0.260. The topological polar surface area (TPSA) is 90.1 Å². The first-order valence-corrected chi connectivity index (χ1v) is 2.21. The fraction of sp³-hybridized carbons (Fsp3) is 0. The van der Waals surface area contributed by atoms with Gasteiger partial charge >= 0.3 is 0 Å². The zero-order valence-corrected chi connectivity index (χ0v) is 5.30. The molecule has 4 nitrogen and oxygen atoms in total. The molecule has 7 heavy (non-hydrogen) atoms. The van der Waals surface area contributed by atoms with Gasteiger partial charge in [0, 0.05) is 0 Å². The van der Waals surface area contributed by atoms with Gasteiger partial charge in [-0.25, -0.2) is 5.84 Å². The zero-order chi connectivity index (χ0) is 6.28. The predicted molar refractivity (Wildman–Crippen MR) is 37.3 cm³/mol. The highest BCUT2D eigenvalue weighted by atomic mass is 32.1. The molecule has 0 rings (SSSR count). The number of hydrogen-bond donors (Lipinski definition) is 5. The van der Waals surface area contributed by atoms with Crippen molar-refractivity contribution in [3.8, 4) is 0 Å². The molecule has 0 aliphatic carbocycles. The summed E-state index contributed by atoms with van der Waals surface area (Å²) in [7, 11) is 0. The van der Waals surface area contributed by atoms with Crippen molar-refractivity contribution < 1.29 is 0 Å². The molecule has 0 saturated carbocycles. The fourth-order valence-corrected chi connectivity index (χ4v) is 0. The molecule has 0 heterocycles. The second-order valence-electron chi connectivity index (χ2n) is 0.509. The van der Waals surface area contributed by atoms with E-state index < -0.39 is 0 Å². The van der Waals surface area contributed by atoms with Crippen LogP contribution in [0.1, 0.15) is 0 Å². The van der Waals surface area contributed by atoms with Gasteiger partial charge < -0.3 is 11.2 Å². The molecule has 0 saturated heterocycles. The average molecular weight is 140 g/mol. The van der Waals surface area contributed by atoms with Gasteiger partial charge in [0.15, 0.2) is 5.11 Å². The van der Waals surface area contributed by atoms with Crippen LogP contribution in [0.3, 0.4) is 0 Å². The number of thiol groups is 1. The van der Waals surface area contributed by atoms with Crippen molar-refractivity contribution in [2.24, 2.45) is 16.7 Å². The summed E-state index contributed by atoms with van der Waals surface area (Å²) in [6.45, 7) is 0. The first kappa shape index (κ1) is 10.0. The van der Waals surface area contributed by atoms with Crippen LogP contribution >= 0.6 is 25.0 Å². The Hall–Kier alpha value is -0.0400. The summed E-state index contributed by atoms with van der Waals surface area (Å²) in [6.07, 6.45) is 0. The van der Waals surface area contributed by atoms with Crippen LogP contribution in [0.2, 0.25) is 0 Å². The Morgan fingerprint density at radius 2 is 1.71 bits per heavy atom. The van der Waals surface area contributed by atoms with Crippen LogP contribution < -0.4 is 22.1 Å². The van der Waals surface area contributed by atoms with Gasteiger partial charge in [0.1, 0.15) is 0 Å². The minimum absolute atomic E-state index is 0.116. The number of hydrogen-bond acceptors (Lipinski definition) is 4. The minimum Gasteiger partial charge on any atom is -0.375 e. The van der Waals surface area contributed by atoms with E-state index in [4.69, 9.17) is 5.73 Å². The van der Waals surface area contributed by atoms with Gasteiger partial charge in [-0.1, -0.05) is 0 Å². The van der Waals surface area contributed by atoms with Crippen molar-refractivity contribution in [1.29, 1.82) is 0 Å². The van der Waals surface area contributed by atoms with Crippen LogP contribution in [0.4, 0.5) is 0 Å². The lowest BCUT2D eigenvalue weighted by Crippen LogP contribution is -2.34. The maximum absolute atomic E-state index is 4.79. The maximum atomic E-state index is 4.79. The van der Waals surface area contributed by atoms with Crippen LogP contribution in [-0.2, 0) is 0 Å². The van der Waals surface area contributed by atoms with E-state index in [0.29, 0.717) is 0 Å². The van der Waals surface area contributed by atoms with E-state index in [1.165, 1.54) is 0 Å². The number of nitrogens with one attached hydrogen (secondary N) is 1. The third kappa shape index (κ3) is 24.3. The van der Waals surface area contributed by atoms with Gasteiger partial charge in [0.25, 0.3) is 0 Å². The normalized spacial score (nSPS) is 5.57. The van der Waals surface area contributed by atoms with E-state index in [1.54, 1.807) is 0 Å². The maximum Gasteiger partial charge on any atom is 0.177 e. The summed E-state index contributed by atoms with van der Waals surface area (Å²) in [6, 6.07) is 0. The van der Waals surface area contributed by atoms with E-state index >= 15 is 0 Å². The number of rotatable bonds is 0. The number of hydrazine groups is 1. The monoisotopic (exact) mass is 140 g/mol. The Morgan fingerprint density at radius 3 is 1.71 bits per heavy atom. The Kier molecular flexibility index (Phi) is 13.4. The van der Waals surface area contributed by atoms with Gasteiger partial charge in [-0.15, -0.1) is 12.8 Å². The lowest BCUT2D eigenvalue weighted by atomic mass is 11.2. The van der Waals surface area contributed by atoms with E-state index in [-0.39, 0.29) is 5.11 Å². The second kappa shape index (κ2) is 9.35. The molecule has 0 aliphatic rings. The van der Waals surface area contributed by atoms with Crippen LogP contribution in [0.25, 0.3) is 0 Å². The Labute approximate surface area is 52.9 Å². The molecule has 7 N–H and O–H groups in total. The molecule has 0 amide bonds. The second-order valence-corrected chi connectivity index (χ2v) is 0.948. The van der Waals surface area contributed by atoms with Crippen LogP contribution in [-0.4, -0.2) is 5.11 Å². The molecule has 0 atom stereocenters. The molecule has 0 bridgehead atoms. The Morgan fingerprint density at radius 1 is 1.57 bits per heavy atom. The molecule has 0 aromatic heterocycles. The van der Waals surface area contributed by atoms with Crippen molar-refractivity contribution in [2.45, 2.75) is 0 Å². The van der Waals surface area contributed by atoms with E-state index in [9.17, 15) is 0 Å². The predicted octanol–water partition coefficient (Wildman–Crippen LogP) is -1.52. The summed E-state index contributed by atoms with van der Waals surface area (Å²) >= 11 is 7.27. The van der Waals surface area contributed by atoms with Gasteiger partial charge in [-0.05, 0) is 12.2 Å². The standard InChI is InChI=1S/CH5N3S.H3NS/c2-1(5)4-3;1-2/h3H2,(H3,2,4,5);2H,1H2. The molecule has 0 spiro atoms. The number of nitrogens with two attached hydrogens (primary N) is 3. The summed E-state index contributed by atoms with van der Waals surface area (Å²) in [5.41, 5.74) is 6.82. The van der Waals surface area contributed by atoms with Crippen molar-refractivity contribution in [3.63, 3.8) is 0 Å². The third-order valence-electron chi connectivity index (χ3n) is 0.142. The van der Waals surface area contributed by atoms with Gasteiger partial charge in [-0.3, -0.25) is 5.14 Å². The molecule has 0 aromatic carbocycles. The van der Waals surface area contributed by atoms with Gasteiger partial charge in [0.2, 0.25) is 0 Å². The van der Waals surface area contributed by atoms with Crippen molar-refractivity contribution in [3.05, 3.63) is 0 Å². The molecule has 44 valence electrons. The molecule has 0 unspecified atom stereocenters. The SMILES string of the molecule is NNC(N)=S.NS. The van der Waals surface area contributed by atoms with Crippen LogP contribution in [0, 0.1) is 0 Å². The zero-order valence-electron chi connectivity index (χ0n) is 3.59. The van der Waals surface area contributed by atoms with E-state index in [0.717, 1.165) is 0 Å². The highest BCUT2D eigenvalue weighted by Crippen LogP contribution is 1.40. The smallest absolute Gasteiger partial charge is 0.177 e. The molecule has 0 aromatic rings. The molecule has 0 radical (unpaired) electrons. The highest BCUT2D eigenvalue weighted by Gasteiger charge is 1.66. The Bertz CT molecular complexity index is 45.0. The summed E-state index contributed by atoms with van der Waals surface area (Å²) < 4.78 is 0. The van der Waals surface area contributed by atoms with Gasteiger partial charge in [0.05, 0.1) is 0 Å². The first-order chi connectivity index (χ1) is 3.27. The van der Waals surface area contributed by atoms with E-state index in [2.05, 4.69) is 36.0 Å². The average Bonchev–Trinajstić information content (AvgIpc) is 1.73. The molecule has 0 aliphatic heterocycles. The Balaban J connectivity index is 0. The van der Waals surface area contributed by atoms with Gasteiger partial charge in [-0.2, -0.15) is 0 Å². The van der Waals surface area contributed by atoms with Crippen molar-refractivity contribution in [1.82, 2.24) is 5.43 Å². The lowest BCUT2D eigenvalue weighted by Gasteiger charge is -1.85. The molecule has 6 heteroatoms. The van der Waals surface area contributed by atoms with E-state index in [1.807, 2.05) is 5.43 Å². The molecular weight excluding hydrogens is 132 g/mol. The van der Waals surface area contributed by atoms with Crippen LogP contribution in [0.15, 0.2) is 0 Å². The summed E-state index contributed by atoms with van der Waals surface area (Å²) in [4.78, 5) is 0.